The number of nitrogens with zero attached hydrogens (tertiary/aromatic N) is 2. The van der Waals surface area contributed by atoms with Crippen LogP contribution in [0.5, 0.6) is 0 Å². The molecule has 114 valence electrons. The number of anilines is 1. The van der Waals surface area contributed by atoms with Gasteiger partial charge in [0.2, 0.25) is 0 Å². The topological polar surface area (TPSA) is 43.8 Å². The summed E-state index contributed by atoms with van der Waals surface area (Å²) in [4.78, 5) is 4.35. The molecule has 0 aliphatic carbocycles. The second-order valence-electron chi connectivity index (χ2n) is 5.37. The third-order valence-corrected chi connectivity index (χ3v) is 3.21. The molecule has 0 radical (unpaired) electrons. The molecule has 2 rings (SSSR count). The fourth-order valence-corrected chi connectivity index (χ4v) is 2.26. The van der Waals surface area contributed by atoms with Crippen molar-refractivity contribution in [1.82, 2.24) is 9.55 Å². The second kappa shape index (κ2) is 5.79. The van der Waals surface area contributed by atoms with Crippen LogP contribution in [0.25, 0.3) is 11.3 Å². The van der Waals surface area contributed by atoms with Gasteiger partial charge in [-0.25, -0.2) is 18.2 Å². The maximum atomic E-state index is 13.4. The van der Waals surface area contributed by atoms with Gasteiger partial charge in [-0.15, -0.1) is 0 Å². The van der Waals surface area contributed by atoms with Crippen molar-refractivity contribution in [2.75, 3.05) is 5.73 Å². The van der Waals surface area contributed by atoms with Crippen molar-refractivity contribution in [3.05, 3.63) is 35.4 Å². The number of hydrogen-bond donors (Lipinski definition) is 1. The first kappa shape index (κ1) is 15.4. The summed E-state index contributed by atoms with van der Waals surface area (Å²) < 4.78 is 41.6. The van der Waals surface area contributed by atoms with Gasteiger partial charge in [0, 0.05) is 18.5 Å². The molecular formula is C15H18F3N3. The van der Waals surface area contributed by atoms with E-state index < -0.39 is 17.5 Å². The molecule has 21 heavy (non-hydrogen) atoms. The van der Waals surface area contributed by atoms with Crippen LogP contribution in [0.2, 0.25) is 0 Å². The number of imidazole rings is 1. The lowest BCUT2D eigenvalue weighted by atomic mass is 10.1. The Kier molecular flexibility index (Phi) is 4.25. The second-order valence-corrected chi connectivity index (χ2v) is 5.37. The molecule has 0 saturated carbocycles. The lowest BCUT2D eigenvalue weighted by Crippen LogP contribution is -2.11. The molecule has 0 bridgehead atoms. The van der Waals surface area contributed by atoms with Crippen molar-refractivity contribution in [3.63, 3.8) is 0 Å². The summed E-state index contributed by atoms with van der Waals surface area (Å²) in [6.45, 7) is 6.66. The Morgan fingerprint density at radius 1 is 1.19 bits per heavy atom. The molecule has 1 aromatic carbocycles. The molecule has 2 aromatic rings. The third-order valence-electron chi connectivity index (χ3n) is 3.21. The highest BCUT2D eigenvalue weighted by Crippen LogP contribution is 2.29. The van der Waals surface area contributed by atoms with E-state index in [0.717, 1.165) is 18.0 Å². The first-order valence-electron chi connectivity index (χ1n) is 6.84. The lowest BCUT2D eigenvalue weighted by Gasteiger charge is -2.11. The minimum atomic E-state index is -1.49. The number of nitrogen functional groups attached to an aromatic ring is 1. The Morgan fingerprint density at radius 3 is 2.24 bits per heavy atom. The van der Waals surface area contributed by atoms with Crippen LogP contribution in [0.1, 0.15) is 26.6 Å². The van der Waals surface area contributed by atoms with Crippen molar-refractivity contribution in [2.24, 2.45) is 5.92 Å². The van der Waals surface area contributed by atoms with Gasteiger partial charge >= 0.3 is 0 Å². The zero-order chi connectivity index (χ0) is 15.7. The number of benzene rings is 1. The normalized spacial score (nSPS) is 11.4. The molecule has 1 aromatic heterocycles. The van der Waals surface area contributed by atoms with Crippen LogP contribution in [0.15, 0.2) is 12.1 Å². The SMILES string of the molecule is CCc1nc(-c2cc(F)c(F)c(F)c2)c(N)n1CC(C)C. The van der Waals surface area contributed by atoms with E-state index in [0.29, 0.717) is 24.7 Å². The molecule has 0 amide bonds. The summed E-state index contributed by atoms with van der Waals surface area (Å²) >= 11 is 0. The van der Waals surface area contributed by atoms with E-state index in [4.69, 9.17) is 5.73 Å². The molecule has 1 heterocycles. The van der Waals surface area contributed by atoms with Crippen LogP contribution >= 0.6 is 0 Å². The van der Waals surface area contributed by atoms with Crippen LogP contribution in [-0.4, -0.2) is 9.55 Å². The molecule has 3 nitrogen and oxygen atoms in total. The predicted molar refractivity (Wildman–Crippen MR) is 76.2 cm³/mol. The third kappa shape index (κ3) is 2.89. The molecule has 0 spiro atoms. The van der Waals surface area contributed by atoms with Crippen LogP contribution in [0.4, 0.5) is 19.0 Å². The zero-order valence-electron chi connectivity index (χ0n) is 12.3. The largest absolute Gasteiger partial charge is 0.383 e. The van der Waals surface area contributed by atoms with Crippen molar-refractivity contribution < 1.29 is 13.2 Å². The van der Waals surface area contributed by atoms with Crippen LogP contribution in [-0.2, 0) is 13.0 Å². The van der Waals surface area contributed by atoms with E-state index in [1.54, 1.807) is 0 Å². The van der Waals surface area contributed by atoms with Crippen molar-refractivity contribution in [3.8, 4) is 11.3 Å². The first-order chi connectivity index (χ1) is 9.85. The first-order valence-corrected chi connectivity index (χ1v) is 6.84. The van der Waals surface area contributed by atoms with Gasteiger partial charge in [-0.1, -0.05) is 20.8 Å². The Labute approximate surface area is 121 Å². The van der Waals surface area contributed by atoms with E-state index >= 15 is 0 Å². The molecule has 0 aliphatic rings. The van der Waals surface area contributed by atoms with Gasteiger partial charge < -0.3 is 10.3 Å². The average Bonchev–Trinajstić information content (AvgIpc) is 2.72. The molecular weight excluding hydrogens is 279 g/mol. The van der Waals surface area contributed by atoms with Crippen LogP contribution in [0.3, 0.4) is 0 Å². The van der Waals surface area contributed by atoms with E-state index in [1.165, 1.54) is 0 Å². The maximum absolute atomic E-state index is 13.4. The zero-order valence-corrected chi connectivity index (χ0v) is 12.3. The van der Waals surface area contributed by atoms with E-state index in [9.17, 15) is 13.2 Å². The van der Waals surface area contributed by atoms with Crippen molar-refractivity contribution in [2.45, 2.75) is 33.7 Å². The van der Waals surface area contributed by atoms with E-state index in [2.05, 4.69) is 4.98 Å². The Morgan fingerprint density at radius 2 is 1.76 bits per heavy atom. The molecule has 0 saturated heterocycles. The molecule has 0 aliphatic heterocycles. The van der Waals surface area contributed by atoms with Crippen molar-refractivity contribution >= 4 is 5.82 Å². The summed E-state index contributed by atoms with van der Waals surface area (Å²) in [5.41, 5.74) is 6.48. The number of nitrogens with two attached hydrogens (primary N) is 1. The molecule has 0 fully saturated rings. The highest BCUT2D eigenvalue weighted by atomic mass is 19.2. The highest BCUT2D eigenvalue weighted by molar-refractivity contribution is 5.71. The predicted octanol–water partition coefficient (Wildman–Crippen LogP) is 3.77. The minimum absolute atomic E-state index is 0.140. The number of hydrogen-bond acceptors (Lipinski definition) is 2. The fraction of sp³-hybridized carbons (Fsp3) is 0.400. The highest BCUT2D eigenvalue weighted by Gasteiger charge is 2.19. The van der Waals surface area contributed by atoms with E-state index in [1.807, 2.05) is 25.3 Å². The summed E-state index contributed by atoms with van der Waals surface area (Å²) in [6, 6.07) is 1.83. The molecule has 0 atom stereocenters. The van der Waals surface area contributed by atoms with Crippen molar-refractivity contribution in [1.29, 1.82) is 0 Å². The van der Waals surface area contributed by atoms with Gasteiger partial charge in [-0.3, -0.25) is 0 Å². The Bertz CT molecular complexity index is 639. The Balaban J connectivity index is 2.57. The molecule has 6 heteroatoms. The molecule has 2 N–H and O–H groups in total. The number of aryl methyl sites for hydroxylation is 1. The average molecular weight is 297 g/mol. The number of aromatic nitrogens is 2. The van der Waals surface area contributed by atoms with Gasteiger partial charge in [0.1, 0.15) is 17.3 Å². The van der Waals surface area contributed by atoms with Gasteiger partial charge in [0.25, 0.3) is 0 Å². The lowest BCUT2D eigenvalue weighted by molar-refractivity contribution is 0.447. The maximum Gasteiger partial charge on any atom is 0.194 e. The summed E-state index contributed by atoms with van der Waals surface area (Å²) in [7, 11) is 0. The summed E-state index contributed by atoms with van der Waals surface area (Å²) in [5.74, 6) is -2.56. The smallest absolute Gasteiger partial charge is 0.194 e. The number of halogens is 3. The van der Waals surface area contributed by atoms with Gasteiger partial charge in [0.05, 0.1) is 0 Å². The fourth-order valence-electron chi connectivity index (χ4n) is 2.26. The quantitative estimate of drug-likeness (QED) is 0.873. The molecule has 0 unspecified atom stereocenters. The van der Waals surface area contributed by atoms with Gasteiger partial charge in [-0.2, -0.15) is 0 Å². The monoisotopic (exact) mass is 297 g/mol. The summed E-state index contributed by atoms with van der Waals surface area (Å²) in [5, 5.41) is 0. The van der Waals surface area contributed by atoms with Crippen LogP contribution in [0, 0.1) is 23.4 Å². The van der Waals surface area contributed by atoms with Crippen LogP contribution < -0.4 is 5.73 Å². The van der Waals surface area contributed by atoms with Gasteiger partial charge in [-0.05, 0) is 18.1 Å². The Hall–Kier alpha value is -1.98. The summed E-state index contributed by atoms with van der Waals surface area (Å²) in [6.07, 6.45) is 0.642. The van der Waals surface area contributed by atoms with E-state index in [-0.39, 0.29) is 11.3 Å². The van der Waals surface area contributed by atoms with Gasteiger partial charge in [0.15, 0.2) is 17.5 Å². The number of rotatable bonds is 4. The standard InChI is InChI=1S/C15H18F3N3/c1-4-12-20-14(15(19)21(12)7-8(2)3)9-5-10(16)13(18)11(17)6-9/h5-6,8H,4,7,19H2,1-3H3. The minimum Gasteiger partial charge on any atom is -0.383 e.